The first-order valence-electron chi connectivity index (χ1n) is 7.65. The van der Waals surface area contributed by atoms with E-state index in [1.54, 1.807) is 7.11 Å². The Labute approximate surface area is 147 Å². The van der Waals surface area contributed by atoms with E-state index in [2.05, 4.69) is 20.5 Å². The van der Waals surface area contributed by atoms with Crippen LogP contribution in [-0.4, -0.2) is 27.2 Å². The molecular weight excluding hydrogens is 338 g/mol. The smallest absolute Gasteiger partial charge is 0.274 e. The molecule has 3 rings (SSSR count). The van der Waals surface area contributed by atoms with E-state index in [-0.39, 0.29) is 22.9 Å². The van der Waals surface area contributed by atoms with Crippen LogP contribution in [0.2, 0.25) is 0 Å². The van der Waals surface area contributed by atoms with Gasteiger partial charge in [-0.15, -0.1) is 10.2 Å². The maximum Gasteiger partial charge on any atom is 0.274 e. The molecule has 0 radical (unpaired) electrons. The minimum absolute atomic E-state index is 0.0232. The molecule has 0 saturated carbocycles. The van der Waals surface area contributed by atoms with Crippen molar-refractivity contribution in [1.82, 2.24) is 15.2 Å². The van der Waals surface area contributed by atoms with Crippen molar-refractivity contribution in [3.05, 3.63) is 80.3 Å². The van der Waals surface area contributed by atoms with Gasteiger partial charge in [0.05, 0.1) is 12.0 Å². The zero-order valence-electron chi connectivity index (χ0n) is 13.8. The van der Waals surface area contributed by atoms with E-state index in [4.69, 9.17) is 4.74 Å². The third-order valence-corrected chi connectivity index (χ3v) is 3.64. The van der Waals surface area contributed by atoms with Gasteiger partial charge in [-0.25, -0.2) is 0 Å². The molecule has 1 heterocycles. The van der Waals surface area contributed by atoms with Gasteiger partial charge in [0.25, 0.3) is 11.2 Å². The highest BCUT2D eigenvalue weighted by molar-refractivity contribution is 5.55. The number of nitrogens with one attached hydrogen (secondary N) is 2. The fourth-order valence-corrected chi connectivity index (χ4v) is 2.27. The molecule has 0 amide bonds. The van der Waals surface area contributed by atoms with Gasteiger partial charge >= 0.3 is 0 Å². The van der Waals surface area contributed by atoms with Crippen molar-refractivity contribution >= 4 is 17.3 Å². The van der Waals surface area contributed by atoms with Gasteiger partial charge < -0.3 is 10.1 Å². The second-order valence-electron chi connectivity index (χ2n) is 5.40. The van der Waals surface area contributed by atoms with Crippen molar-refractivity contribution in [1.29, 1.82) is 0 Å². The minimum Gasteiger partial charge on any atom is -0.497 e. The van der Waals surface area contributed by atoms with Gasteiger partial charge in [0.2, 0.25) is 5.95 Å². The Kier molecular flexibility index (Phi) is 4.88. The Morgan fingerprint density at radius 1 is 1.12 bits per heavy atom. The number of aromatic amines is 1. The molecule has 0 aliphatic rings. The molecule has 3 aromatic rings. The first-order valence-corrected chi connectivity index (χ1v) is 7.65. The number of H-pyrrole nitrogens is 1. The Bertz CT molecular complexity index is 968. The van der Waals surface area contributed by atoms with Crippen LogP contribution in [0.15, 0.2) is 53.3 Å². The third-order valence-electron chi connectivity index (χ3n) is 3.64. The van der Waals surface area contributed by atoms with Crippen LogP contribution in [0.5, 0.6) is 5.75 Å². The zero-order chi connectivity index (χ0) is 18.5. The van der Waals surface area contributed by atoms with E-state index in [0.29, 0.717) is 12.1 Å². The first-order chi connectivity index (χ1) is 12.5. The van der Waals surface area contributed by atoms with Crippen molar-refractivity contribution in [2.45, 2.75) is 6.42 Å². The molecule has 0 aliphatic carbocycles. The van der Waals surface area contributed by atoms with Gasteiger partial charge in [0, 0.05) is 24.2 Å². The van der Waals surface area contributed by atoms with Gasteiger partial charge in [-0.2, -0.15) is 0 Å². The predicted octanol–water partition coefficient (Wildman–Crippen LogP) is 2.42. The van der Waals surface area contributed by atoms with Gasteiger partial charge in [0.1, 0.15) is 11.4 Å². The lowest BCUT2D eigenvalue weighted by Gasteiger charge is -2.06. The van der Waals surface area contributed by atoms with E-state index in [1.165, 1.54) is 24.3 Å². The standard InChI is InChI=1S/C17H15N5O4/c1-26-14-8-2-11(3-9-14)10-15-16(23)19-17(21-20-15)18-12-4-6-13(7-5-12)22(24)25/h2-9H,10H2,1H3,(H2,18,19,21,23). The average molecular weight is 353 g/mol. The number of ether oxygens (including phenoxy) is 1. The molecule has 0 fully saturated rings. The lowest BCUT2D eigenvalue weighted by atomic mass is 10.1. The summed E-state index contributed by atoms with van der Waals surface area (Å²) in [7, 11) is 1.59. The molecule has 0 saturated heterocycles. The summed E-state index contributed by atoms with van der Waals surface area (Å²) in [6.45, 7) is 0. The summed E-state index contributed by atoms with van der Waals surface area (Å²) in [5.74, 6) is 0.888. The summed E-state index contributed by atoms with van der Waals surface area (Å²) in [5, 5.41) is 21.4. The molecule has 9 nitrogen and oxygen atoms in total. The van der Waals surface area contributed by atoms with Crippen molar-refractivity contribution in [3.63, 3.8) is 0 Å². The molecule has 132 valence electrons. The second kappa shape index (κ2) is 7.43. The number of nitro benzene ring substituents is 1. The Morgan fingerprint density at radius 3 is 2.38 bits per heavy atom. The number of benzene rings is 2. The summed E-state index contributed by atoms with van der Waals surface area (Å²) in [6, 6.07) is 13.1. The van der Waals surface area contributed by atoms with Crippen molar-refractivity contribution < 1.29 is 9.66 Å². The average Bonchev–Trinajstić information content (AvgIpc) is 2.65. The van der Waals surface area contributed by atoms with E-state index in [0.717, 1.165) is 11.3 Å². The zero-order valence-corrected chi connectivity index (χ0v) is 13.8. The Hall–Kier alpha value is -3.75. The number of nitrogens with zero attached hydrogens (tertiary/aromatic N) is 3. The second-order valence-corrected chi connectivity index (χ2v) is 5.40. The quantitative estimate of drug-likeness (QED) is 0.515. The topological polar surface area (TPSA) is 123 Å². The lowest BCUT2D eigenvalue weighted by molar-refractivity contribution is -0.384. The molecule has 0 bridgehead atoms. The fourth-order valence-electron chi connectivity index (χ4n) is 2.27. The van der Waals surface area contributed by atoms with E-state index in [9.17, 15) is 14.9 Å². The highest BCUT2D eigenvalue weighted by atomic mass is 16.6. The molecule has 0 spiro atoms. The molecule has 9 heteroatoms. The van der Waals surface area contributed by atoms with Gasteiger partial charge in [-0.1, -0.05) is 12.1 Å². The third kappa shape index (κ3) is 4.01. The maximum atomic E-state index is 12.2. The van der Waals surface area contributed by atoms with Crippen LogP contribution in [0.4, 0.5) is 17.3 Å². The summed E-state index contributed by atoms with van der Waals surface area (Å²) < 4.78 is 5.09. The van der Waals surface area contributed by atoms with Crippen LogP contribution in [0, 0.1) is 10.1 Å². The number of hydrogen-bond donors (Lipinski definition) is 2. The van der Waals surface area contributed by atoms with E-state index < -0.39 is 4.92 Å². The number of hydrogen-bond acceptors (Lipinski definition) is 7. The molecule has 0 aliphatic heterocycles. The van der Waals surface area contributed by atoms with Crippen molar-refractivity contribution in [3.8, 4) is 5.75 Å². The maximum absolute atomic E-state index is 12.2. The summed E-state index contributed by atoms with van der Waals surface area (Å²) in [4.78, 5) is 25.0. The van der Waals surface area contributed by atoms with Crippen LogP contribution in [0.3, 0.4) is 0 Å². The molecule has 0 unspecified atom stereocenters. The molecule has 0 atom stereocenters. The van der Waals surface area contributed by atoms with Crippen molar-refractivity contribution in [2.24, 2.45) is 0 Å². The molecular formula is C17H15N5O4. The first kappa shape index (κ1) is 17.1. The largest absolute Gasteiger partial charge is 0.497 e. The van der Waals surface area contributed by atoms with E-state index in [1.807, 2.05) is 24.3 Å². The molecule has 26 heavy (non-hydrogen) atoms. The Balaban J connectivity index is 1.72. The number of methoxy groups -OCH3 is 1. The van der Waals surface area contributed by atoms with Crippen LogP contribution < -0.4 is 15.6 Å². The monoisotopic (exact) mass is 353 g/mol. The number of non-ortho nitro benzene ring substituents is 1. The minimum atomic E-state index is -0.487. The predicted molar refractivity (Wildman–Crippen MR) is 94.8 cm³/mol. The van der Waals surface area contributed by atoms with Gasteiger partial charge in [-0.05, 0) is 29.8 Å². The summed E-state index contributed by atoms with van der Waals surface area (Å²) in [6.07, 6.45) is 0.337. The number of aromatic nitrogens is 3. The summed E-state index contributed by atoms with van der Waals surface area (Å²) >= 11 is 0. The van der Waals surface area contributed by atoms with Crippen LogP contribution in [0.25, 0.3) is 0 Å². The van der Waals surface area contributed by atoms with E-state index >= 15 is 0 Å². The molecule has 2 N–H and O–H groups in total. The fraction of sp³-hybridized carbons (Fsp3) is 0.118. The van der Waals surface area contributed by atoms with Gasteiger partial charge in [-0.3, -0.25) is 19.9 Å². The number of rotatable bonds is 6. The highest BCUT2D eigenvalue weighted by Crippen LogP contribution is 2.17. The van der Waals surface area contributed by atoms with Gasteiger partial charge in [0.15, 0.2) is 0 Å². The highest BCUT2D eigenvalue weighted by Gasteiger charge is 2.08. The SMILES string of the molecule is COc1ccc(Cc2nnc(Nc3ccc([N+](=O)[O-])cc3)[nH]c2=O)cc1. The summed E-state index contributed by atoms with van der Waals surface area (Å²) in [5.41, 5.74) is 1.35. The number of nitro groups is 1. The Morgan fingerprint density at radius 2 is 1.81 bits per heavy atom. The lowest BCUT2D eigenvalue weighted by Crippen LogP contribution is -2.18. The van der Waals surface area contributed by atoms with Crippen LogP contribution >= 0.6 is 0 Å². The molecule has 2 aromatic carbocycles. The van der Waals surface area contributed by atoms with Crippen LogP contribution in [-0.2, 0) is 6.42 Å². The number of anilines is 2. The molecule has 1 aromatic heterocycles. The normalized spacial score (nSPS) is 10.3. The van der Waals surface area contributed by atoms with Crippen LogP contribution in [0.1, 0.15) is 11.3 Å². The van der Waals surface area contributed by atoms with Crippen molar-refractivity contribution in [2.75, 3.05) is 12.4 Å².